The third-order valence-corrected chi connectivity index (χ3v) is 7.98. The number of aliphatic hydroxyl groups excluding tert-OH is 2. The zero-order valence-electron chi connectivity index (χ0n) is 21.6. The van der Waals surface area contributed by atoms with Crippen molar-refractivity contribution in [2.45, 2.75) is 50.4 Å². The Labute approximate surface area is 227 Å². The number of benzene rings is 3. The van der Waals surface area contributed by atoms with Crippen molar-refractivity contribution in [2.75, 3.05) is 24.6 Å². The Kier molecular flexibility index (Phi) is 7.29. The van der Waals surface area contributed by atoms with Crippen molar-refractivity contribution in [3.63, 3.8) is 0 Å². The number of nitrogens with zero attached hydrogens (tertiary/aromatic N) is 2. The van der Waals surface area contributed by atoms with Crippen LogP contribution in [0.3, 0.4) is 0 Å². The first kappa shape index (κ1) is 25.9. The standard InChI is InChI=1S/C31H32N2O6/c34-18-20-7-9-21(10-8-20)28-16-25(17-32-15-3-4-24(32)19-35)38-31(39-28)22-11-13-23(14-12-22)33-29(36)26-5-1-2-6-27(26)30(33)37/h1-2,5-14,24-25,28,31,34-35H,3-4,15-19H2/t24-,25+,28-,31-/m0/s1. The smallest absolute Gasteiger partial charge is 0.266 e. The van der Waals surface area contributed by atoms with Gasteiger partial charge in [0, 0.05) is 24.6 Å². The van der Waals surface area contributed by atoms with E-state index in [1.54, 1.807) is 36.4 Å². The zero-order chi connectivity index (χ0) is 26.9. The molecule has 3 heterocycles. The zero-order valence-corrected chi connectivity index (χ0v) is 21.6. The third kappa shape index (κ3) is 5.02. The molecule has 3 aliphatic heterocycles. The van der Waals surface area contributed by atoms with Crippen LogP contribution in [0.4, 0.5) is 5.69 Å². The van der Waals surface area contributed by atoms with E-state index in [-0.39, 0.29) is 43.3 Å². The fourth-order valence-corrected chi connectivity index (χ4v) is 5.84. The molecule has 2 N–H and O–H groups in total. The summed E-state index contributed by atoms with van der Waals surface area (Å²) in [6.07, 6.45) is 1.73. The Morgan fingerprint density at radius 1 is 0.821 bits per heavy atom. The lowest BCUT2D eigenvalue weighted by Crippen LogP contribution is -2.42. The average molecular weight is 529 g/mol. The normalized spacial score (nSPS) is 25.3. The molecule has 0 radical (unpaired) electrons. The van der Waals surface area contributed by atoms with E-state index in [1.165, 1.54) is 4.90 Å². The summed E-state index contributed by atoms with van der Waals surface area (Å²) in [6.45, 7) is 1.75. The first-order valence-electron chi connectivity index (χ1n) is 13.5. The van der Waals surface area contributed by atoms with Crippen LogP contribution in [-0.4, -0.2) is 58.8 Å². The lowest BCUT2D eigenvalue weighted by atomic mass is 9.99. The van der Waals surface area contributed by atoms with Crippen molar-refractivity contribution in [3.05, 3.63) is 101 Å². The van der Waals surface area contributed by atoms with Crippen molar-refractivity contribution in [2.24, 2.45) is 0 Å². The van der Waals surface area contributed by atoms with Crippen molar-refractivity contribution >= 4 is 17.5 Å². The van der Waals surface area contributed by atoms with Gasteiger partial charge in [-0.15, -0.1) is 0 Å². The first-order chi connectivity index (χ1) is 19.1. The molecule has 4 atom stereocenters. The van der Waals surface area contributed by atoms with E-state index in [4.69, 9.17) is 9.47 Å². The van der Waals surface area contributed by atoms with E-state index in [2.05, 4.69) is 4.90 Å². The third-order valence-electron chi connectivity index (χ3n) is 7.98. The van der Waals surface area contributed by atoms with Gasteiger partial charge in [-0.3, -0.25) is 14.5 Å². The minimum absolute atomic E-state index is 0.0167. The summed E-state index contributed by atoms with van der Waals surface area (Å²) in [5.41, 5.74) is 3.95. The molecule has 2 fully saturated rings. The SMILES string of the molecule is O=C1c2ccccc2C(=O)N1c1ccc([C@H]2O[C@@H](CN3CCC[C@H]3CO)C[C@@H](c3ccc(CO)cc3)O2)cc1. The van der Waals surface area contributed by atoms with Crippen LogP contribution in [0.5, 0.6) is 0 Å². The van der Waals surface area contributed by atoms with Gasteiger partial charge in [-0.05, 0) is 54.8 Å². The van der Waals surface area contributed by atoms with Gasteiger partial charge in [0.05, 0.1) is 42.2 Å². The Morgan fingerprint density at radius 3 is 2.13 bits per heavy atom. The van der Waals surface area contributed by atoms with Crippen LogP contribution in [-0.2, 0) is 16.1 Å². The summed E-state index contributed by atoms with van der Waals surface area (Å²) in [5.74, 6) is -0.659. The number of carbonyl (C=O) groups is 2. The molecule has 0 saturated carbocycles. The number of carbonyl (C=O) groups excluding carboxylic acids is 2. The van der Waals surface area contributed by atoms with Gasteiger partial charge in [0.25, 0.3) is 11.8 Å². The first-order valence-corrected chi connectivity index (χ1v) is 13.5. The highest BCUT2D eigenvalue weighted by Gasteiger charge is 2.38. The lowest BCUT2D eigenvalue weighted by Gasteiger charge is -2.38. The highest BCUT2D eigenvalue weighted by molar-refractivity contribution is 6.34. The summed E-state index contributed by atoms with van der Waals surface area (Å²) in [7, 11) is 0. The van der Waals surface area contributed by atoms with Gasteiger partial charge in [0.1, 0.15) is 0 Å². The molecule has 202 valence electrons. The number of hydrogen-bond acceptors (Lipinski definition) is 7. The largest absolute Gasteiger partial charge is 0.395 e. The molecule has 0 bridgehead atoms. The fourth-order valence-electron chi connectivity index (χ4n) is 5.84. The van der Waals surface area contributed by atoms with E-state index >= 15 is 0 Å². The number of ether oxygens (including phenoxy) is 2. The average Bonchev–Trinajstić information content (AvgIpc) is 3.54. The van der Waals surface area contributed by atoms with Gasteiger partial charge in [0.2, 0.25) is 0 Å². The van der Waals surface area contributed by atoms with Gasteiger partial charge in [-0.2, -0.15) is 0 Å². The van der Waals surface area contributed by atoms with Crippen LogP contribution in [0.1, 0.15) is 69.1 Å². The molecule has 8 nitrogen and oxygen atoms in total. The second kappa shape index (κ2) is 11.0. The number of hydrogen-bond donors (Lipinski definition) is 2. The Bertz CT molecular complexity index is 1310. The Hall–Kier alpha value is -3.40. The molecule has 2 amide bonds. The predicted octanol–water partition coefficient (Wildman–Crippen LogP) is 3.98. The number of amides is 2. The van der Waals surface area contributed by atoms with Gasteiger partial charge in [-0.1, -0.05) is 48.5 Å². The molecule has 2 saturated heterocycles. The maximum absolute atomic E-state index is 12.9. The van der Waals surface area contributed by atoms with Crippen molar-refractivity contribution in [1.29, 1.82) is 0 Å². The molecule has 3 aromatic rings. The summed E-state index contributed by atoms with van der Waals surface area (Å²) >= 11 is 0. The molecule has 3 aromatic carbocycles. The number of likely N-dealkylation sites (tertiary alicyclic amines) is 1. The van der Waals surface area contributed by atoms with Crippen LogP contribution >= 0.6 is 0 Å². The van der Waals surface area contributed by atoms with E-state index in [0.29, 0.717) is 29.8 Å². The highest BCUT2D eigenvalue weighted by Crippen LogP contribution is 2.39. The maximum atomic E-state index is 12.9. The van der Waals surface area contributed by atoms with E-state index in [1.807, 2.05) is 36.4 Å². The quantitative estimate of drug-likeness (QED) is 0.448. The van der Waals surface area contributed by atoms with Gasteiger partial charge in [-0.25, -0.2) is 4.90 Å². The van der Waals surface area contributed by atoms with Gasteiger partial charge < -0.3 is 19.7 Å². The summed E-state index contributed by atoms with van der Waals surface area (Å²) in [4.78, 5) is 29.3. The Morgan fingerprint density at radius 2 is 1.49 bits per heavy atom. The lowest BCUT2D eigenvalue weighted by molar-refractivity contribution is -0.253. The number of aliphatic hydroxyl groups is 2. The van der Waals surface area contributed by atoms with E-state index in [9.17, 15) is 19.8 Å². The van der Waals surface area contributed by atoms with Crippen LogP contribution in [0.25, 0.3) is 0 Å². The number of imide groups is 1. The maximum Gasteiger partial charge on any atom is 0.266 e. The highest BCUT2D eigenvalue weighted by atomic mass is 16.7. The van der Waals surface area contributed by atoms with Gasteiger partial charge in [0.15, 0.2) is 6.29 Å². The van der Waals surface area contributed by atoms with Crippen LogP contribution in [0.15, 0.2) is 72.8 Å². The van der Waals surface area contributed by atoms with Crippen LogP contribution in [0.2, 0.25) is 0 Å². The Balaban J connectivity index is 1.24. The minimum Gasteiger partial charge on any atom is -0.395 e. The molecule has 0 spiro atoms. The molecule has 3 aliphatic rings. The molecule has 0 aromatic heterocycles. The summed E-state index contributed by atoms with van der Waals surface area (Å²) in [6, 6.07) is 21.9. The monoisotopic (exact) mass is 528 g/mol. The van der Waals surface area contributed by atoms with E-state index < -0.39 is 6.29 Å². The molecular weight excluding hydrogens is 496 g/mol. The summed E-state index contributed by atoms with van der Waals surface area (Å²) in [5, 5.41) is 19.2. The second-order valence-electron chi connectivity index (χ2n) is 10.4. The van der Waals surface area contributed by atoms with E-state index in [0.717, 1.165) is 36.1 Å². The molecule has 6 rings (SSSR count). The summed E-state index contributed by atoms with van der Waals surface area (Å²) < 4.78 is 12.9. The molecular formula is C31H32N2O6. The van der Waals surface area contributed by atoms with Gasteiger partial charge >= 0.3 is 0 Å². The molecule has 0 unspecified atom stereocenters. The number of rotatable bonds is 7. The topological polar surface area (TPSA) is 99.5 Å². The fraction of sp³-hybridized carbons (Fsp3) is 0.355. The predicted molar refractivity (Wildman–Crippen MR) is 144 cm³/mol. The molecule has 0 aliphatic carbocycles. The van der Waals surface area contributed by atoms with Crippen LogP contribution < -0.4 is 4.90 Å². The molecule has 8 heteroatoms. The minimum atomic E-state index is -0.641. The van der Waals surface area contributed by atoms with Crippen molar-refractivity contribution < 1.29 is 29.3 Å². The number of anilines is 1. The van der Waals surface area contributed by atoms with Crippen molar-refractivity contribution in [3.8, 4) is 0 Å². The van der Waals surface area contributed by atoms with Crippen LogP contribution in [0, 0.1) is 0 Å². The second-order valence-corrected chi connectivity index (χ2v) is 10.4. The van der Waals surface area contributed by atoms with Crippen molar-refractivity contribution in [1.82, 2.24) is 4.90 Å². The number of fused-ring (bicyclic) bond motifs is 1. The molecule has 39 heavy (non-hydrogen) atoms.